The quantitative estimate of drug-likeness (QED) is 0.102. The molecule has 0 N–H and O–H groups in total. The molecular formula is C110H85N5. The third-order valence-electron chi connectivity index (χ3n) is 23.3. The minimum absolute atomic E-state index is 0.184. The molecule has 0 atom stereocenters. The predicted molar refractivity (Wildman–Crippen MR) is 489 cm³/mol. The summed E-state index contributed by atoms with van der Waals surface area (Å²) in [4.78, 5) is 5.22. The number of hydrogen-bond donors (Lipinski definition) is 0. The molecule has 0 aliphatic carbocycles. The second-order valence-electron chi connectivity index (χ2n) is 32.4. The van der Waals surface area contributed by atoms with Gasteiger partial charge in [0.15, 0.2) is 0 Å². The fraction of sp³-hybridized carbons (Fsp3) is 0.0727. The Hall–Kier alpha value is -14.3. The van der Waals surface area contributed by atoms with Gasteiger partial charge in [0, 0.05) is 77.1 Å². The molecular weight excluding hydrogens is 1390 g/mol. The topological polar surface area (TPSA) is 21.3 Å². The molecule has 17 aromatic carbocycles. The van der Waals surface area contributed by atoms with Crippen LogP contribution in [0.25, 0.3) is 149 Å². The number of anilines is 6. The Morgan fingerprint density at radius 3 is 0.757 bits per heavy atom. The lowest BCUT2D eigenvalue weighted by atomic mass is 9.86. The average Bonchev–Trinajstić information content (AvgIpc) is 1.65. The van der Waals surface area contributed by atoms with Crippen molar-refractivity contribution in [3.05, 3.63) is 418 Å². The van der Waals surface area contributed by atoms with E-state index in [9.17, 15) is 0 Å². The van der Waals surface area contributed by atoms with Gasteiger partial charge in [-0.05, 0) is 134 Å². The smallest absolute Gasteiger partial charge is 0.0618 e. The molecule has 115 heavy (non-hydrogen) atoms. The Morgan fingerprint density at radius 1 is 0.191 bits per heavy atom. The van der Waals surface area contributed by atoms with Crippen LogP contribution in [0.3, 0.4) is 0 Å². The van der Waals surface area contributed by atoms with E-state index in [1.165, 1.54) is 43.4 Å². The standard InChI is InChI=1S/C110H85N5/c1-109(2,3)80-59-63-97-98-64-60-81(110(4,5)6)68-104(98)113(103(97)67-80)86-70-84(111(107-89(76-39-17-9-18-40-76)51-33-52-90(107)77-41-19-10-20-42-77)82-61-65-87(74-35-13-7-14-36-74)105(72-82)114-99-55-29-25-47-93(99)94-48-26-30-56-100(94)114)69-85(71-86)112(108-91(78-43-21-11-22-44-78)53-34-54-92(108)79-45-23-12-24-46-79)83-62-66-88(75-37-15-8-16-38-75)106(73-83)115-101-57-31-27-49-95(101)96-50-28-32-58-102(96)115/h7-73H,1-6H3. The number of aromatic nitrogens is 3. The van der Waals surface area contributed by atoms with Gasteiger partial charge in [-0.25, -0.2) is 0 Å². The van der Waals surface area contributed by atoms with E-state index in [-0.39, 0.29) is 10.8 Å². The summed E-state index contributed by atoms with van der Waals surface area (Å²) >= 11 is 0. The fourth-order valence-electron chi connectivity index (χ4n) is 17.8. The molecule has 0 unspecified atom stereocenters. The van der Waals surface area contributed by atoms with Crippen LogP contribution in [0.1, 0.15) is 52.7 Å². The zero-order chi connectivity index (χ0) is 77.5. The average molecular weight is 1480 g/mol. The van der Waals surface area contributed by atoms with Gasteiger partial charge < -0.3 is 23.5 Å². The van der Waals surface area contributed by atoms with Crippen LogP contribution in [-0.2, 0) is 10.8 Å². The molecule has 3 heterocycles. The first-order chi connectivity index (χ1) is 56.4. The molecule has 20 aromatic rings. The Balaban J connectivity index is 0.996. The highest BCUT2D eigenvalue weighted by atomic mass is 15.2. The predicted octanol–water partition coefficient (Wildman–Crippen LogP) is 30.5. The van der Waals surface area contributed by atoms with Crippen LogP contribution in [0.15, 0.2) is 406 Å². The van der Waals surface area contributed by atoms with Crippen LogP contribution in [0, 0.1) is 0 Å². The molecule has 0 spiro atoms. The summed E-state index contributed by atoms with van der Waals surface area (Å²) in [5, 5.41) is 7.14. The normalized spacial score (nSPS) is 11.9. The third-order valence-corrected chi connectivity index (χ3v) is 23.3. The summed E-state index contributed by atoms with van der Waals surface area (Å²) in [5.74, 6) is 0. The van der Waals surface area contributed by atoms with E-state index in [1.807, 2.05) is 0 Å². The van der Waals surface area contributed by atoms with Gasteiger partial charge in [0.05, 0.1) is 72.9 Å². The minimum Gasteiger partial charge on any atom is -0.309 e. The Morgan fingerprint density at radius 2 is 0.461 bits per heavy atom. The second-order valence-corrected chi connectivity index (χ2v) is 32.4. The summed E-state index contributed by atoms with van der Waals surface area (Å²) in [7, 11) is 0. The first-order valence-electron chi connectivity index (χ1n) is 40.0. The third kappa shape index (κ3) is 12.4. The van der Waals surface area contributed by atoms with Crippen molar-refractivity contribution in [2.24, 2.45) is 0 Å². The number of nitrogens with zero attached hydrogens (tertiary/aromatic N) is 5. The lowest BCUT2D eigenvalue weighted by Gasteiger charge is -2.35. The highest BCUT2D eigenvalue weighted by Crippen LogP contribution is 2.55. The van der Waals surface area contributed by atoms with E-state index in [2.05, 4.69) is 471 Å². The maximum atomic E-state index is 2.61. The fourth-order valence-corrected chi connectivity index (χ4v) is 17.8. The molecule has 0 aliphatic rings. The molecule has 5 heteroatoms. The van der Waals surface area contributed by atoms with Crippen LogP contribution < -0.4 is 9.80 Å². The lowest BCUT2D eigenvalue weighted by Crippen LogP contribution is -2.17. The van der Waals surface area contributed by atoms with E-state index in [4.69, 9.17) is 0 Å². The number of benzene rings is 17. The maximum Gasteiger partial charge on any atom is 0.0618 e. The Kier molecular flexibility index (Phi) is 17.3. The van der Waals surface area contributed by atoms with E-state index in [0.717, 1.165) is 151 Å². The summed E-state index contributed by atoms with van der Waals surface area (Å²) in [6.45, 7) is 14.0. The van der Waals surface area contributed by atoms with Crippen LogP contribution in [-0.4, -0.2) is 13.7 Å². The van der Waals surface area contributed by atoms with Gasteiger partial charge in [0.2, 0.25) is 0 Å². The molecule has 550 valence electrons. The molecule has 0 amide bonds. The molecule has 0 saturated heterocycles. The van der Waals surface area contributed by atoms with Gasteiger partial charge in [0.25, 0.3) is 0 Å². The molecule has 0 bridgehead atoms. The highest BCUT2D eigenvalue weighted by Gasteiger charge is 2.32. The van der Waals surface area contributed by atoms with Gasteiger partial charge in [-0.3, -0.25) is 0 Å². The van der Waals surface area contributed by atoms with Crippen molar-refractivity contribution >= 4 is 99.5 Å². The van der Waals surface area contributed by atoms with Crippen molar-refractivity contribution < 1.29 is 0 Å². The van der Waals surface area contributed by atoms with Crippen molar-refractivity contribution in [2.75, 3.05) is 9.80 Å². The maximum absolute atomic E-state index is 2.61. The summed E-state index contributed by atoms with van der Waals surface area (Å²) in [5.41, 5.74) is 31.0. The number of para-hydroxylation sites is 6. The Labute approximate surface area is 672 Å². The largest absolute Gasteiger partial charge is 0.309 e. The molecule has 3 aromatic heterocycles. The molecule has 0 saturated carbocycles. The molecule has 0 aliphatic heterocycles. The Bertz CT molecular complexity index is 6440. The van der Waals surface area contributed by atoms with Crippen molar-refractivity contribution in [3.63, 3.8) is 0 Å². The number of hydrogen-bond acceptors (Lipinski definition) is 2. The van der Waals surface area contributed by atoms with E-state index in [0.29, 0.717) is 0 Å². The van der Waals surface area contributed by atoms with Gasteiger partial charge in [0.1, 0.15) is 0 Å². The zero-order valence-corrected chi connectivity index (χ0v) is 65.4. The monoisotopic (exact) mass is 1480 g/mol. The van der Waals surface area contributed by atoms with Crippen LogP contribution >= 0.6 is 0 Å². The van der Waals surface area contributed by atoms with Crippen molar-refractivity contribution in [1.29, 1.82) is 0 Å². The van der Waals surface area contributed by atoms with Gasteiger partial charge in [-0.15, -0.1) is 0 Å². The lowest BCUT2D eigenvalue weighted by molar-refractivity contribution is 0.591. The van der Waals surface area contributed by atoms with Gasteiger partial charge in [-0.1, -0.05) is 369 Å². The van der Waals surface area contributed by atoms with Crippen LogP contribution in [0.2, 0.25) is 0 Å². The molecule has 0 fully saturated rings. The van der Waals surface area contributed by atoms with E-state index < -0.39 is 0 Å². The first kappa shape index (κ1) is 69.9. The number of rotatable bonds is 15. The zero-order valence-electron chi connectivity index (χ0n) is 65.4. The molecule has 5 nitrogen and oxygen atoms in total. The summed E-state index contributed by atoms with van der Waals surface area (Å²) in [6.07, 6.45) is 0. The second kappa shape index (κ2) is 28.5. The van der Waals surface area contributed by atoms with E-state index >= 15 is 0 Å². The molecule has 0 radical (unpaired) electrons. The van der Waals surface area contributed by atoms with Gasteiger partial charge >= 0.3 is 0 Å². The summed E-state index contributed by atoms with van der Waals surface area (Å²) < 4.78 is 7.62. The van der Waals surface area contributed by atoms with Crippen molar-refractivity contribution in [1.82, 2.24) is 13.7 Å². The molecule has 20 rings (SSSR count). The summed E-state index contributed by atoms with van der Waals surface area (Å²) in [6, 6.07) is 152. The number of fused-ring (bicyclic) bond motifs is 9. The van der Waals surface area contributed by atoms with Gasteiger partial charge in [-0.2, -0.15) is 0 Å². The SMILES string of the molecule is CC(C)(C)c1ccc2c3ccc(C(C)(C)C)cc3n(-c3cc(N(c4ccc(-c5ccccc5)c(-n5c6ccccc6c6ccccc65)c4)c4c(-c5ccccc5)cccc4-c4ccccc4)cc(N(c4ccc(-c5ccccc5)c(-n5c6ccccc6c6ccccc65)c4)c4c(-c5ccccc5)cccc4-c4ccccc4)c3)c2c1. The van der Waals surface area contributed by atoms with Crippen molar-refractivity contribution in [2.45, 2.75) is 52.4 Å². The van der Waals surface area contributed by atoms with Crippen LogP contribution in [0.4, 0.5) is 34.1 Å². The van der Waals surface area contributed by atoms with Crippen molar-refractivity contribution in [3.8, 4) is 83.8 Å². The minimum atomic E-state index is -0.184. The first-order valence-corrected chi connectivity index (χ1v) is 40.0. The van der Waals surface area contributed by atoms with Crippen LogP contribution in [0.5, 0.6) is 0 Å². The van der Waals surface area contributed by atoms with E-state index in [1.54, 1.807) is 0 Å². The highest BCUT2D eigenvalue weighted by molar-refractivity contribution is 6.14.